The monoisotopic (exact) mass is 415 g/mol. The zero-order chi connectivity index (χ0) is 20.7. The summed E-state index contributed by atoms with van der Waals surface area (Å²) in [5.41, 5.74) is 10.5. The molecule has 1 aliphatic rings. The molecule has 0 spiro atoms. The number of aromatic amines is 1. The number of hydrogen-bond donors (Lipinski definition) is 5. The van der Waals surface area contributed by atoms with Crippen LogP contribution in [0.5, 0.6) is 0 Å². The molecule has 0 aromatic carbocycles. The number of thiazole rings is 1. The Bertz CT molecular complexity index is 999. The standard InChI is InChI=1S/C15H21N5O7S/c1-4(2)6(16)13(24)26-3-5-7(21)8(22)12(27-5)20-10-9(28-15(20)25)11(23)19-14(17)18-10/h4-8,12,21-22H,3,16H2,1-2H3,(H3,17,18,19,23)/t5-,6?,7-,8-,12-/m1/s1. The zero-order valence-corrected chi connectivity index (χ0v) is 15.9. The molecular weight excluding hydrogens is 394 g/mol. The summed E-state index contributed by atoms with van der Waals surface area (Å²) in [6, 6.07) is -0.846. The van der Waals surface area contributed by atoms with Gasteiger partial charge < -0.3 is 31.2 Å². The van der Waals surface area contributed by atoms with Gasteiger partial charge in [0.2, 0.25) is 5.95 Å². The molecule has 1 unspecified atom stereocenters. The first-order chi connectivity index (χ1) is 13.1. The van der Waals surface area contributed by atoms with E-state index in [1.165, 1.54) is 0 Å². The quantitative estimate of drug-likeness (QED) is 0.337. The van der Waals surface area contributed by atoms with Gasteiger partial charge in [0.15, 0.2) is 11.9 Å². The van der Waals surface area contributed by atoms with E-state index < -0.39 is 47.0 Å². The number of carbonyl (C=O) groups excluding carboxylic acids is 1. The molecule has 154 valence electrons. The third-order valence-electron chi connectivity index (χ3n) is 4.46. The largest absolute Gasteiger partial charge is 0.462 e. The second-order valence-electron chi connectivity index (χ2n) is 6.79. The van der Waals surface area contributed by atoms with E-state index in [0.717, 1.165) is 4.57 Å². The van der Waals surface area contributed by atoms with Crippen LogP contribution in [-0.2, 0) is 14.3 Å². The first-order valence-electron chi connectivity index (χ1n) is 8.46. The third-order valence-corrected chi connectivity index (χ3v) is 5.41. The van der Waals surface area contributed by atoms with Gasteiger partial charge in [-0.3, -0.25) is 23.9 Å². The molecule has 13 heteroatoms. The molecular formula is C15H21N5O7S. The fourth-order valence-electron chi connectivity index (χ4n) is 2.78. The molecule has 5 atom stereocenters. The van der Waals surface area contributed by atoms with E-state index in [-0.39, 0.29) is 28.8 Å². The van der Waals surface area contributed by atoms with Crippen molar-refractivity contribution in [1.82, 2.24) is 14.5 Å². The van der Waals surface area contributed by atoms with Crippen molar-refractivity contribution in [2.45, 2.75) is 44.4 Å². The van der Waals surface area contributed by atoms with Gasteiger partial charge in [0.25, 0.3) is 5.56 Å². The van der Waals surface area contributed by atoms with Gasteiger partial charge in [-0.1, -0.05) is 25.2 Å². The van der Waals surface area contributed by atoms with Gasteiger partial charge in [0.05, 0.1) is 0 Å². The van der Waals surface area contributed by atoms with Crippen LogP contribution in [0.25, 0.3) is 10.3 Å². The number of anilines is 1. The summed E-state index contributed by atoms with van der Waals surface area (Å²) < 4.78 is 11.5. The highest BCUT2D eigenvalue weighted by molar-refractivity contribution is 7.16. The van der Waals surface area contributed by atoms with Crippen molar-refractivity contribution < 1.29 is 24.5 Å². The lowest BCUT2D eigenvalue weighted by molar-refractivity contribution is -0.152. The topological polar surface area (TPSA) is 196 Å². The molecule has 0 radical (unpaired) electrons. The summed E-state index contributed by atoms with van der Waals surface area (Å²) >= 11 is 0.602. The number of aliphatic hydroxyl groups excluding tert-OH is 2. The number of carbonyl (C=O) groups is 1. The van der Waals surface area contributed by atoms with E-state index in [1.54, 1.807) is 13.8 Å². The number of rotatable bonds is 5. The average molecular weight is 415 g/mol. The van der Waals surface area contributed by atoms with Crippen LogP contribution in [0.3, 0.4) is 0 Å². The molecule has 12 nitrogen and oxygen atoms in total. The van der Waals surface area contributed by atoms with Crippen LogP contribution in [-0.4, -0.2) is 61.7 Å². The van der Waals surface area contributed by atoms with E-state index in [0.29, 0.717) is 11.3 Å². The number of fused-ring (bicyclic) bond motifs is 1. The molecule has 28 heavy (non-hydrogen) atoms. The SMILES string of the molecule is CC(C)C(N)C(=O)OC[C@H]1O[C@@H](n2c(=O)sc3c(=O)[nH]c(N)nc32)[C@H](O)[C@@H]1O. The van der Waals surface area contributed by atoms with Crippen molar-refractivity contribution in [1.29, 1.82) is 0 Å². The van der Waals surface area contributed by atoms with E-state index in [2.05, 4.69) is 9.97 Å². The minimum absolute atomic E-state index is 0.00211. The maximum atomic E-state index is 12.4. The van der Waals surface area contributed by atoms with Gasteiger partial charge in [-0.2, -0.15) is 4.98 Å². The van der Waals surface area contributed by atoms with Crippen LogP contribution in [0.2, 0.25) is 0 Å². The van der Waals surface area contributed by atoms with Gasteiger partial charge in [-0.25, -0.2) is 0 Å². The van der Waals surface area contributed by atoms with E-state index >= 15 is 0 Å². The lowest BCUT2D eigenvalue weighted by atomic mass is 10.1. The maximum Gasteiger partial charge on any atom is 0.323 e. The first kappa shape index (κ1) is 20.4. The summed E-state index contributed by atoms with van der Waals surface area (Å²) in [6.45, 7) is 3.13. The lowest BCUT2D eigenvalue weighted by Crippen LogP contribution is -2.40. The Labute approximate surface area is 161 Å². The molecule has 0 amide bonds. The Hall–Kier alpha value is -2.32. The number of aliphatic hydroxyl groups is 2. The second kappa shape index (κ2) is 7.60. The molecule has 0 bridgehead atoms. The number of hydrogen-bond acceptors (Lipinski definition) is 11. The zero-order valence-electron chi connectivity index (χ0n) is 15.1. The predicted molar refractivity (Wildman–Crippen MR) is 98.6 cm³/mol. The lowest BCUT2D eigenvalue weighted by Gasteiger charge is -2.18. The molecule has 1 fully saturated rings. The average Bonchev–Trinajstić information content (AvgIpc) is 3.09. The predicted octanol–water partition coefficient (Wildman–Crippen LogP) is -2.13. The Kier molecular flexibility index (Phi) is 5.54. The number of nitrogens with zero attached hydrogens (tertiary/aromatic N) is 2. The second-order valence-corrected chi connectivity index (χ2v) is 7.75. The summed E-state index contributed by atoms with van der Waals surface area (Å²) in [4.78, 5) is 41.7. The van der Waals surface area contributed by atoms with Gasteiger partial charge in [-0.15, -0.1) is 0 Å². The number of esters is 1. The minimum atomic E-state index is -1.53. The number of nitrogen functional groups attached to an aromatic ring is 1. The number of nitrogens with one attached hydrogen (secondary N) is 1. The molecule has 1 aliphatic heterocycles. The Morgan fingerprint density at radius 2 is 2.07 bits per heavy atom. The normalized spacial score (nSPS) is 26.1. The van der Waals surface area contributed by atoms with Crippen LogP contribution in [0.15, 0.2) is 9.59 Å². The van der Waals surface area contributed by atoms with Gasteiger partial charge >= 0.3 is 10.8 Å². The van der Waals surface area contributed by atoms with Crippen molar-refractivity contribution in [3.8, 4) is 0 Å². The van der Waals surface area contributed by atoms with Crippen molar-refractivity contribution in [3.05, 3.63) is 20.0 Å². The fourth-order valence-corrected chi connectivity index (χ4v) is 3.63. The first-order valence-corrected chi connectivity index (χ1v) is 9.28. The Morgan fingerprint density at radius 1 is 1.39 bits per heavy atom. The maximum absolute atomic E-state index is 12.4. The van der Waals surface area contributed by atoms with E-state index in [9.17, 15) is 24.6 Å². The van der Waals surface area contributed by atoms with E-state index in [1.807, 2.05) is 0 Å². The van der Waals surface area contributed by atoms with Crippen molar-refractivity contribution in [3.63, 3.8) is 0 Å². The van der Waals surface area contributed by atoms with Crippen LogP contribution < -0.4 is 21.9 Å². The van der Waals surface area contributed by atoms with Crippen molar-refractivity contribution >= 4 is 33.6 Å². The highest BCUT2D eigenvalue weighted by atomic mass is 32.1. The Balaban J connectivity index is 1.85. The van der Waals surface area contributed by atoms with Crippen molar-refractivity contribution in [2.24, 2.45) is 11.7 Å². The smallest absolute Gasteiger partial charge is 0.323 e. The molecule has 0 saturated carbocycles. The molecule has 3 rings (SSSR count). The van der Waals surface area contributed by atoms with Crippen molar-refractivity contribution in [2.75, 3.05) is 12.3 Å². The Morgan fingerprint density at radius 3 is 2.71 bits per heavy atom. The molecule has 2 aromatic rings. The number of ether oxygens (including phenoxy) is 2. The van der Waals surface area contributed by atoms with Crippen LogP contribution >= 0.6 is 11.3 Å². The summed E-state index contributed by atoms with van der Waals surface area (Å²) in [6.07, 6.45) is -5.42. The van der Waals surface area contributed by atoms with E-state index in [4.69, 9.17) is 20.9 Å². The summed E-state index contributed by atoms with van der Waals surface area (Å²) in [7, 11) is 0. The highest BCUT2D eigenvalue weighted by Gasteiger charge is 2.46. The van der Waals surface area contributed by atoms with Crippen LogP contribution in [0, 0.1) is 5.92 Å². The van der Waals surface area contributed by atoms with Crippen LogP contribution in [0.4, 0.5) is 5.95 Å². The van der Waals surface area contributed by atoms with Gasteiger partial charge in [-0.05, 0) is 5.92 Å². The highest BCUT2D eigenvalue weighted by Crippen LogP contribution is 2.31. The number of nitrogens with two attached hydrogens (primary N) is 2. The molecule has 1 saturated heterocycles. The molecule has 7 N–H and O–H groups in total. The van der Waals surface area contributed by atoms with Gasteiger partial charge in [0, 0.05) is 0 Å². The fraction of sp³-hybridized carbons (Fsp3) is 0.600. The molecule has 0 aliphatic carbocycles. The van der Waals surface area contributed by atoms with Crippen LogP contribution in [0.1, 0.15) is 20.1 Å². The summed E-state index contributed by atoms with van der Waals surface area (Å²) in [5, 5.41) is 20.6. The molecule has 2 aromatic heterocycles. The van der Waals surface area contributed by atoms with Gasteiger partial charge in [0.1, 0.15) is 35.7 Å². The minimum Gasteiger partial charge on any atom is -0.462 e. The summed E-state index contributed by atoms with van der Waals surface area (Å²) in [5.74, 6) is -1.04. The number of aromatic nitrogens is 3. The third kappa shape index (κ3) is 3.54. The molecule has 3 heterocycles. The number of H-pyrrole nitrogens is 1.